The van der Waals surface area contributed by atoms with E-state index in [0.29, 0.717) is 32.5 Å². The van der Waals surface area contributed by atoms with Crippen LogP contribution in [0.15, 0.2) is 76.4 Å². The molecule has 4 aromatic rings. The minimum absolute atomic E-state index is 0.0101. The first-order valence-electron chi connectivity index (χ1n) is 11.0. The van der Waals surface area contributed by atoms with Crippen LogP contribution in [0.1, 0.15) is 5.56 Å². The number of halogens is 1. The molecule has 0 unspecified atom stereocenters. The number of nitrogens with one attached hydrogen (secondary N) is 1. The summed E-state index contributed by atoms with van der Waals surface area (Å²) in [5, 5.41) is 40.2. The van der Waals surface area contributed by atoms with Gasteiger partial charge in [-0.15, -0.1) is 5.10 Å². The van der Waals surface area contributed by atoms with Crippen molar-refractivity contribution in [2.45, 2.75) is 18.7 Å². The van der Waals surface area contributed by atoms with E-state index in [4.69, 9.17) is 16.3 Å². The van der Waals surface area contributed by atoms with Gasteiger partial charge in [-0.25, -0.2) is 14.2 Å². The van der Waals surface area contributed by atoms with Crippen LogP contribution in [0.4, 0.5) is 11.6 Å². The van der Waals surface area contributed by atoms with E-state index in [9.17, 15) is 24.9 Å². The van der Waals surface area contributed by atoms with Gasteiger partial charge in [-0.05, 0) is 48.0 Å². The van der Waals surface area contributed by atoms with Crippen molar-refractivity contribution in [3.05, 3.63) is 98.4 Å². The Bertz CT molecular complexity index is 1450. The Morgan fingerprint density at radius 3 is 2.30 bits per heavy atom. The average molecular weight is 527 g/mol. The van der Waals surface area contributed by atoms with Crippen molar-refractivity contribution in [3.63, 3.8) is 0 Å². The van der Waals surface area contributed by atoms with Crippen LogP contribution in [-0.4, -0.2) is 58.4 Å². The maximum absolute atomic E-state index is 13.4. The highest BCUT2D eigenvalue weighted by Crippen LogP contribution is 2.22. The van der Waals surface area contributed by atoms with E-state index in [1.54, 1.807) is 60.7 Å². The topological polar surface area (TPSA) is 165 Å². The predicted octanol–water partition coefficient (Wildman–Crippen LogP) is 1.15. The third kappa shape index (κ3) is 6.37. The van der Waals surface area contributed by atoms with E-state index in [2.05, 4.69) is 20.5 Å². The minimum atomic E-state index is -2.09. The zero-order valence-electron chi connectivity index (χ0n) is 19.4. The number of hydrogen-bond donors (Lipinski definition) is 4. The summed E-state index contributed by atoms with van der Waals surface area (Å²) in [6.07, 6.45) is 1.53. The zero-order chi connectivity index (χ0) is 26.4. The van der Waals surface area contributed by atoms with Crippen LogP contribution in [0.25, 0.3) is 0 Å². The van der Waals surface area contributed by atoms with E-state index < -0.39 is 36.7 Å². The number of ether oxygens (including phenoxy) is 1. The molecule has 2 aromatic heterocycles. The Balaban J connectivity index is 1.68. The predicted molar refractivity (Wildman–Crippen MR) is 134 cm³/mol. The summed E-state index contributed by atoms with van der Waals surface area (Å²) in [4.78, 5) is 30.1. The Hall–Kier alpha value is -4.10. The Morgan fingerprint density at radius 1 is 0.973 bits per heavy atom. The van der Waals surface area contributed by atoms with Crippen molar-refractivity contribution >= 4 is 23.2 Å². The largest absolute Gasteiger partial charge is 0.438 e. The normalized spacial score (nSPS) is 11.4. The molecule has 0 spiro atoms. The molecule has 0 aliphatic heterocycles. The van der Waals surface area contributed by atoms with Crippen molar-refractivity contribution in [2.24, 2.45) is 0 Å². The lowest BCUT2D eigenvalue weighted by Crippen LogP contribution is -2.51. The lowest BCUT2D eigenvalue weighted by atomic mass is 10.1. The number of anilines is 2. The molecule has 0 fully saturated rings. The number of hydrogen-bond acceptors (Lipinski definition) is 10. The summed E-state index contributed by atoms with van der Waals surface area (Å²) in [7, 11) is 0. The van der Waals surface area contributed by atoms with Gasteiger partial charge in [-0.3, -0.25) is 4.57 Å². The van der Waals surface area contributed by atoms with Gasteiger partial charge in [0.1, 0.15) is 11.4 Å². The quantitative estimate of drug-likeness (QED) is 0.235. The average Bonchev–Trinajstić information content (AvgIpc) is 2.91. The van der Waals surface area contributed by atoms with E-state index in [1.807, 2.05) is 0 Å². The van der Waals surface area contributed by atoms with Gasteiger partial charge in [-0.1, -0.05) is 23.7 Å². The van der Waals surface area contributed by atoms with Gasteiger partial charge < -0.3 is 25.4 Å². The van der Waals surface area contributed by atoms with Crippen molar-refractivity contribution in [1.29, 1.82) is 0 Å². The van der Waals surface area contributed by atoms with Crippen molar-refractivity contribution in [3.8, 4) is 11.6 Å². The molecule has 4 rings (SSSR count). The number of aliphatic hydroxyl groups is 3. The molecule has 192 valence electrons. The molecule has 13 heteroatoms. The molecule has 37 heavy (non-hydrogen) atoms. The van der Waals surface area contributed by atoms with Crippen molar-refractivity contribution in [2.75, 3.05) is 18.5 Å². The number of nitrogens with zero attached hydrogens (tertiary/aromatic N) is 5. The summed E-state index contributed by atoms with van der Waals surface area (Å²) in [5.74, 6) is 0.747. The standard InChI is InChI=1S/C24H23ClN6O6/c25-17-5-3-16(4-6-17)12-30-21(28-22(34)31(23(30)35)13-24(36,14-32)15-33)27-18-7-9-19(10-8-18)37-20-2-1-11-26-29-20/h1-11,32-33,36H,12-15H2,(H,27,28,34). The van der Waals surface area contributed by atoms with Crippen LogP contribution in [0.5, 0.6) is 11.6 Å². The molecule has 0 saturated heterocycles. The second-order valence-corrected chi connectivity index (χ2v) is 8.59. The first kappa shape index (κ1) is 26.0. The SMILES string of the molecule is O=c1nc(Nc2ccc(Oc3cccnn3)cc2)n(Cc2ccc(Cl)cc2)c(=O)n1CC(O)(CO)CO. The summed E-state index contributed by atoms with van der Waals surface area (Å²) < 4.78 is 7.47. The second kappa shape index (κ2) is 11.3. The van der Waals surface area contributed by atoms with Gasteiger partial charge in [-0.2, -0.15) is 10.1 Å². The molecule has 0 aliphatic rings. The van der Waals surface area contributed by atoms with Crippen molar-refractivity contribution < 1.29 is 20.1 Å². The molecule has 2 heterocycles. The van der Waals surface area contributed by atoms with Gasteiger partial charge in [0.05, 0.1) is 26.3 Å². The number of aliphatic hydroxyl groups excluding tert-OH is 2. The lowest BCUT2D eigenvalue weighted by Gasteiger charge is -2.24. The fourth-order valence-electron chi connectivity index (χ4n) is 3.32. The molecular weight excluding hydrogens is 504 g/mol. The summed E-state index contributed by atoms with van der Waals surface area (Å²) in [6, 6.07) is 16.7. The van der Waals surface area contributed by atoms with Crippen LogP contribution in [0, 0.1) is 0 Å². The smallest absolute Gasteiger partial charge is 0.355 e. The van der Waals surface area contributed by atoms with Crippen LogP contribution in [-0.2, 0) is 13.1 Å². The fourth-order valence-corrected chi connectivity index (χ4v) is 3.44. The first-order chi connectivity index (χ1) is 17.8. The van der Waals surface area contributed by atoms with Crippen LogP contribution < -0.4 is 21.4 Å². The molecule has 0 aliphatic carbocycles. The Labute approximate surface area is 215 Å². The molecular formula is C24H23ClN6O6. The fraction of sp³-hybridized carbons (Fsp3) is 0.208. The summed E-state index contributed by atoms with van der Waals surface area (Å²) in [5.41, 5.74) is -2.67. The molecule has 2 aromatic carbocycles. The van der Waals surface area contributed by atoms with Crippen LogP contribution in [0.2, 0.25) is 5.02 Å². The Kier molecular flexibility index (Phi) is 7.94. The van der Waals surface area contributed by atoms with Gasteiger partial charge in [0.2, 0.25) is 11.8 Å². The van der Waals surface area contributed by atoms with Gasteiger partial charge in [0.25, 0.3) is 0 Å². The second-order valence-electron chi connectivity index (χ2n) is 8.15. The summed E-state index contributed by atoms with van der Waals surface area (Å²) in [6.45, 7) is -2.37. The minimum Gasteiger partial charge on any atom is -0.438 e. The zero-order valence-corrected chi connectivity index (χ0v) is 20.1. The third-order valence-corrected chi connectivity index (χ3v) is 5.58. The number of aromatic nitrogens is 5. The number of benzene rings is 2. The molecule has 0 saturated carbocycles. The van der Waals surface area contributed by atoms with Gasteiger partial charge in [0, 0.05) is 23.0 Å². The highest BCUT2D eigenvalue weighted by Gasteiger charge is 2.28. The van der Waals surface area contributed by atoms with Crippen molar-refractivity contribution in [1.82, 2.24) is 24.3 Å². The number of rotatable bonds is 10. The lowest BCUT2D eigenvalue weighted by molar-refractivity contribution is -0.0675. The molecule has 0 amide bonds. The maximum Gasteiger partial charge on any atom is 0.355 e. The molecule has 12 nitrogen and oxygen atoms in total. The van der Waals surface area contributed by atoms with E-state index in [0.717, 1.165) is 0 Å². The molecule has 0 bridgehead atoms. The van der Waals surface area contributed by atoms with E-state index in [-0.39, 0.29) is 12.5 Å². The molecule has 4 N–H and O–H groups in total. The maximum atomic E-state index is 13.4. The first-order valence-corrected chi connectivity index (χ1v) is 11.4. The third-order valence-electron chi connectivity index (χ3n) is 5.33. The molecule has 0 radical (unpaired) electrons. The van der Waals surface area contributed by atoms with Gasteiger partial charge >= 0.3 is 11.4 Å². The van der Waals surface area contributed by atoms with Crippen LogP contribution >= 0.6 is 11.6 Å². The monoisotopic (exact) mass is 526 g/mol. The van der Waals surface area contributed by atoms with E-state index >= 15 is 0 Å². The van der Waals surface area contributed by atoms with Crippen LogP contribution in [0.3, 0.4) is 0 Å². The Morgan fingerprint density at radius 2 is 1.68 bits per heavy atom. The molecule has 0 atom stereocenters. The van der Waals surface area contributed by atoms with E-state index in [1.165, 1.54) is 10.8 Å². The highest BCUT2D eigenvalue weighted by molar-refractivity contribution is 6.30. The highest BCUT2D eigenvalue weighted by atomic mass is 35.5. The van der Waals surface area contributed by atoms with Gasteiger partial charge in [0.15, 0.2) is 0 Å². The summed E-state index contributed by atoms with van der Waals surface area (Å²) >= 11 is 5.97.